The predicted molar refractivity (Wildman–Crippen MR) is 88.8 cm³/mol. The molecule has 1 aliphatic rings. The second-order valence-electron chi connectivity index (χ2n) is 5.45. The van der Waals surface area contributed by atoms with Crippen LogP contribution >= 0.6 is 11.6 Å². The zero-order valence-corrected chi connectivity index (χ0v) is 14.0. The highest BCUT2D eigenvalue weighted by atomic mass is 35.5. The van der Waals surface area contributed by atoms with E-state index in [1.54, 1.807) is 11.0 Å². The first-order valence-electron chi connectivity index (χ1n) is 7.67. The fourth-order valence-corrected chi connectivity index (χ4v) is 2.86. The van der Waals surface area contributed by atoms with Crippen LogP contribution in [0.5, 0.6) is 11.5 Å². The fraction of sp³-hybridized carbons (Fsp3) is 0.278. The maximum absolute atomic E-state index is 13.2. The molecule has 4 nitrogen and oxygen atoms in total. The molecule has 0 bridgehead atoms. The van der Waals surface area contributed by atoms with E-state index >= 15 is 0 Å². The highest BCUT2D eigenvalue weighted by molar-refractivity contribution is 6.31. The number of carbonyl (C=O) groups excluding carboxylic acids is 1. The van der Waals surface area contributed by atoms with Gasteiger partial charge in [-0.25, -0.2) is 4.39 Å². The number of rotatable bonds is 4. The van der Waals surface area contributed by atoms with Crippen molar-refractivity contribution in [3.63, 3.8) is 0 Å². The number of nitrogens with zero attached hydrogens (tertiary/aromatic N) is 1. The monoisotopic (exact) mass is 349 g/mol. The van der Waals surface area contributed by atoms with E-state index in [1.807, 2.05) is 25.1 Å². The van der Waals surface area contributed by atoms with E-state index in [0.717, 1.165) is 5.56 Å². The van der Waals surface area contributed by atoms with Crippen LogP contribution in [0.4, 0.5) is 4.39 Å². The summed E-state index contributed by atoms with van der Waals surface area (Å²) in [5.41, 5.74) is 1.56. The van der Waals surface area contributed by atoms with Gasteiger partial charge in [0.2, 0.25) is 0 Å². The SMILES string of the molecule is CCOc1cccc2c1OCC(=O)N(Cc1ccc(F)cc1Cl)C2. The molecule has 2 aromatic rings. The van der Waals surface area contributed by atoms with Crippen molar-refractivity contribution in [2.75, 3.05) is 13.2 Å². The lowest BCUT2D eigenvalue weighted by Crippen LogP contribution is -2.32. The van der Waals surface area contributed by atoms with Gasteiger partial charge in [0.15, 0.2) is 18.1 Å². The Hall–Kier alpha value is -2.27. The van der Waals surface area contributed by atoms with Gasteiger partial charge < -0.3 is 14.4 Å². The van der Waals surface area contributed by atoms with Crippen LogP contribution in [0.3, 0.4) is 0 Å². The van der Waals surface area contributed by atoms with Crippen molar-refractivity contribution in [1.82, 2.24) is 4.90 Å². The van der Waals surface area contributed by atoms with Crippen molar-refractivity contribution in [2.45, 2.75) is 20.0 Å². The fourth-order valence-electron chi connectivity index (χ4n) is 2.64. The van der Waals surface area contributed by atoms with E-state index in [-0.39, 0.29) is 12.5 Å². The number of hydrogen-bond acceptors (Lipinski definition) is 3. The Morgan fingerprint density at radius 3 is 2.92 bits per heavy atom. The van der Waals surface area contributed by atoms with Gasteiger partial charge in [-0.1, -0.05) is 29.8 Å². The van der Waals surface area contributed by atoms with Gasteiger partial charge in [-0.2, -0.15) is 0 Å². The van der Waals surface area contributed by atoms with Crippen LogP contribution in [-0.4, -0.2) is 24.0 Å². The third-order valence-corrected chi connectivity index (χ3v) is 4.14. The Morgan fingerprint density at radius 1 is 1.33 bits per heavy atom. The Bertz CT molecular complexity index is 766. The third-order valence-electron chi connectivity index (χ3n) is 3.79. The number of hydrogen-bond donors (Lipinski definition) is 0. The molecule has 0 spiro atoms. The van der Waals surface area contributed by atoms with Gasteiger partial charge in [-0.3, -0.25) is 4.79 Å². The van der Waals surface area contributed by atoms with Crippen LogP contribution in [0.15, 0.2) is 36.4 Å². The smallest absolute Gasteiger partial charge is 0.261 e. The highest BCUT2D eigenvalue weighted by Gasteiger charge is 2.24. The van der Waals surface area contributed by atoms with Crippen molar-refractivity contribution in [3.05, 3.63) is 58.4 Å². The molecule has 0 fully saturated rings. The number of halogens is 2. The van der Waals surface area contributed by atoms with Crippen LogP contribution in [0.25, 0.3) is 0 Å². The highest BCUT2D eigenvalue weighted by Crippen LogP contribution is 2.34. The molecule has 1 heterocycles. The van der Waals surface area contributed by atoms with Crippen LogP contribution in [0.1, 0.15) is 18.1 Å². The molecule has 0 saturated carbocycles. The quantitative estimate of drug-likeness (QED) is 0.842. The summed E-state index contributed by atoms with van der Waals surface area (Å²) in [6.45, 7) is 3.01. The molecule has 6 heteroatoms. The zero-order chi connectivity index (χ0) is 17.1. The lowest BCUT2D eigenvalue weighted by Gasteiger charge is -2.20. The summed E-state index contributed by atoms with van der Waals surface area (Å²) in [5.74, 6) is 0.667. The van der Waals surface area contributed by atoms with Crippen LogP contribution in [-0.2, 0) is 17.9 Å². The molecule has 126 valence electrons. The first-order chi connectivity index (χ1) is 11.6. The van der Waals surface area contributed by atoms with E-state index in [4.69, 9.17) is 21.1 Å². The summed E-state index contributed by atoms with van der Waals surface area (Å²) >= 11 is 6.07. The number of amides is 1. The molecule has 0 saturated heterocycles. The zero-order valence-electron chi connectivity index (χ0n) is 13.2. The van der Waals surface area contributed by atoms with Crippen molar-refractivity contribution in [2.24, 2.45) is 0 Å². The number of benzene rings is 2. The van der Waals surface area contributed by atoms with E-state index < -0.39 is 5.82 Å². The summed E-state index contributed by atoms with van der Waals surface area (Å²) in [6, 6.07) is 9.76. The maximum atomic E-state index is 13.2. The van der Waals surface area contributed by atoms with Crippen LogP contribution in [0, 0.1) is 5.82 Å². The Morgan fingerprint density at radius 2 is 2.17 bits per heavy atom. The molecule has 0 N–H and O–H groups in total. The summed E-state index contributed by atoms with van der Waals surface area (Å²) in [6.07, 6.45) is 0. The molecule has 1 aliphatic heterocycles. The standard InChI is InChI=1S/C18H17ClFNO3/c1-2-23-16-5-3-4-13-10-21(17(22)11-24-18(13)16)9-12-6-7-14(20)8-15(12)19/h3-8H,2,9-11H2,1H3. The van der Waals surface area contributed by atoms with Crippen molar-refractivity contribution in [3.8, 4) is 11.5 Å². The Kier molecular flexibility index (Phi) is 4.90. The lowest BCUT2D eigenvalue weighted by molar-refractivity contribution is -0.133. The van der Waals surface area contributed by atoms with Crippen molar-refractivity contribution >= 4 is 17.5 Å². The molecule has 0 unspecified atom stereocenters. The molecule has 0 aromatic heterocycles. The Labute approximate surface area is 144 Å². The largest absolute Gasteiger partial charge is 0.490 e. The second-order valence-corrected chi connectivity index (χ2v) is 5.86. The number of carbonyl (C=O) groups is 1. The lowest BCUT2D eigenvalue weighted by atomic mass is 10.1. The minimum absolute atomic E-state index is 0.0735. The molecule has 24 heavy (non-hydrogen) atoms. The minimum Gasteiger partial charge on any atom is -0.490 e. The average Bonchev–Trinajstić information content (AvgIpc) is 2.71. The van der Waals surface area contributed by atoms with Gasteiger partial charge in [0.05, 0.1) is 6.61 Å². The van der Waals surface area contributed by atoms with E-state index in [9.17, 15) is 9.18 Å². The first-order valence-corrected chi connectivity index (χ1v) is 8.05. The summed E-state index contributed by atoms with van der Waals surface area (Å²) in [7, 11) is 0. The Balaban J connectivity index is 1.87. The first kappa shape index (κ1) is 16.6. The van der Waals surface area contributed by atoms with Gasteiger partial charge in [0.1, 0.15) is 5.82 Å². The molecular formula is C18H17ClFNO3. The second kappa shape index (κ2) is 7.09. The van der Waals surface area contributed by atoms with Gasteiger partial charge in [0, 0.05) is 23.7 Å². The van der Waals surface area contributed by atoms with Gasteiger partial charge in [0.25, 0.3) is 5.91 Å². The molecular weight excluding hydrogens is 333 g/mol. The number of para-hydroxylation sites is 1. The molecule has 3 rings (SSSR count). The normalized spacial score (nSPS) is 14.0. The van der Waals surface area contributed by atoms with Gasteiger partial charge in [-0.15, -0.1) is 0 Å². The van der Waals surface area contributed by atoms with Gasteiger partial charge >= 0.3 is 0 Å². The van der Waals surface area contributed by atoms with E-state index in [0.29, 0.717) is 41.8 Å². The minimum atomic E-state index is -0.402. The topological polar surface area (TPSA) is 38.8 Å². The average molecular weight is 350 g/mol. The summed E-state index contributed by atoms with van der Waals surface area (Å²) in [4.78, 5) is 14.0. The van der Waals surface area contributed by atoms with Gasteiger partial charge in [-0.05, 0) is 30.7 Å². The van der Waals surface area contributed by atoms with E-state index in [2.05, 4.69) is 0 Å². The predicted octanol–water partition coefficient (Wildman–Crippen LogP) is 3.80. The van der Waals surface area contributed by atoms with Crippen LogP contribution in [0.2, 0.25) is 5.02 Å². The molecule has 2 aromatic carbocycles. The van der Waals surface area contributed by atoms with E-state index in [1.165, 1.54) is 12.1 Å². The molecule has 0 radical (unpaired) electrons. The summed E-state index contributed by atoms with van der Waals surface area (Å²) in [5, 5.41) is 0.302. The third kappa shape index (κ3) is 3.46. The number of ether oxygens (including phenoxy) is 2. The maximum Gasteiger partial charge on any atom is 0.261 e. The summed E-state index contributed by atoms with van der Waals surface area (Å²) < 4.78 is 24.4. The molecule has 0 atom stereocenters. The van der Waals surface area contributed by atoms with Crippen molar-refractivity contribution < 1.29 is 18.7 Å². The number of fused-ring (bicyclic) bond motifs is 1. The molecule has 1 amide bonds. The molecule has 0 aliphatic carbocycles. The van der Waals surface area contributed by atoms with Crippen LogP contribution < -0.4 is 9.47 Å². The van der Waals surface area contributed by atoms with Crippen molar-refractivity contribution in [1.29, 1.82) is 0 Å².